The number of carbonyl (C=O) groups is 3. The Morgan fingerprint density at radius 2 is 1.90 bits per heavy atom. The van der Waals surface area contributed by atoms with E-state index in [-0.39, 0.29) is 30.7 Å². The van der Waals surface area contributed by atoms with Crippen LogP contribution in [0.3, 0.4) is 0 Å². The van der Waals surface area contributed by atoms with Crippen LogP contribution in [0.25, 0.3) is 0 Å². The van der Waals surface area contributed by atoms with Crippen LogP contribution in [0.5, 0.6) is 0 Å². The third-order valence-electron chi connectivity index (χ3n) is 3.32. The summed E-state index contributed by atoms with van der Waals surface area (Å²) < 4.78 is 5.13. The lowest BCUT2D eigenvalue weighted by molar-refractivity contribution is -0.145. The van der Waals surface area contributed by atoms with Gasteiger partial charge in [-0.1, -0.05) is 26.7 Å². The molecule has 112 valence electrons. The standard InChI is InChI=1S/C15H23NO4/c1-3-5-12(2)9-11-20-15(19)6-4-10-16-13(17)7-8-14(16)18/h7-8,12H,3-6,9-11H2,1-2H3. The molecular weight excluding hydrogens is 258 g/mol. The molecule has 0 bridgehead atoms. The van der Waals surface area contributed by atoms with E-state index in [9.17, 15) is 14.4 Å². The summed E-state index contributed by atoms with van der Waals surface area (Å²) in [5.74, 6) is -0.312. The fourth-order valence-corrected chi connectivity index (χ4v) is 2.12. The summed E-state index contributed by atoms with van der Waals surface area (Å²) in [4.78, 5) is 35.2. The van der Waals surface area contributed by atoms with Crippen molar-refractivity contribution in [3.05, 3.63) is 12.2 Å². The number of esters is 1. The maximum Gasteiger partial charge on any atom is 0.305 e. The number of ether oxygens (including phenoxy) is 1. The van der Waals surface area contributed by atoms with Crippen LogP contribution in [0, 0.1) is 5.92 Å². The average Bonchev–Trinajstić information content (AvgIpc) is 2.70. The molecule has 0 saturated carbocycles. The van der Waals surface area contributed by atoms with Gasteiger partial charge in [-0.15, -0.1) is 0 Å². The van der Waals surface area contributed by atoms with Crippen LogP contribution in [0.4, 0.5) is 0 Å². The van der Waals surface area contributed by atoms with Crippen molar-refractivity contribution in [3.8, 4) is 0 Å². The molecule has 0 spiro atoms. The highest BCUT2D eigenvalue weighted by molar-refractivity contribution is 6.12. The van der Waals surface area contributed by atoms with Gasteiger partial charge in [0.05, 0.1) is 6.61 Å². The van der Waals surface area contributed by atoms with Crippen LogP contribution in [-0.4, -0.2) is 35.8 Å². The van der Waals surface area contributed by atoms with Gasteiger partial charge in [0, 0.05) is 25.1 Å². The molecule has 2 amide bonds. The van der Waals surface area contributed by atoms with Crippen molar-refractivity contribution < 1.29 is 19.1 Å². The summed E-state index contributed by atoms with van der Waals surface area (Å²) in [5.41, 5.74) is 0. The van der Waals surface area contributed by atoms with Crippen molar-refractivity contribution >= 4 is 17.8 Å². The molecular formula is C15H23NO4. The minimum Gasteiger partial charge on any atom is -0.466 e. The summed E-state index contributed by atoms with van der Waals surface area (Å²) in [7, 11) is 0. The maximum absolute atomic E-state index is 11.5. The molecule has 1 aliphatic rings. The Morgan fingerprint density at radius 1 is 1.25 bits per heavy atom. The molecule has 1 heterocycles. The van der Waals surface area contributed by atoms with Crippen LogP contribution in [0.15, 0.2) is 12.2 Å². The number of nitrogens with zero attached hydrogens (tertiary/aromatic N) is 1. The lowest BCUT2D eigenvalue weighted by Crippen LogP contribution is -2.31. The summed E-state index contributed by atoms with van der Waals surface area (Å²) in [6.45, 7) is 5.00. The SMILES string of the molecule is CCCC(C)CCOC(=O)CCCN1C(=O)C=CC1=O. The predicted molar refractivity (Wildman–Crippen MR) is 74.7 cm³/mol. The van der Waals surface area contributed by atoms with Crippen molar-refractivity contribution in [2.45, 2.75) is 46.0 Å². The predicted octanol–water partition coefficient (Wildman–Crippen LogP) is 2.06. The monoisotopic (exact) mass is 281 g/mol. The quantitative estimate of drug-likeness (QED) is 0.479. The number of hydrogen-bond acceptors (Lipinski definition) is 4. The maximum atomic E-state index is 11.5. The van der Waals surface area contributed by atoms with Gasteiger partial charge in [-0.25, -0.2) is 0 Å². The second-order valence-electron chi connectivity index (χ2n) is 5.17. The van der Waals surface area contributed by atoms with Crippen LogP contribution in [0.2, 0.25) is 0 Å². The fraction of sp³-hybridized carbons (Fsp3) is 0.667. The number of carbonyl (C=O) groups excluding carboxylic acids is 3. The van der Waals surface area contributed by atoms with E-state index in [0.29, 0.717) is 18.9 Å². The third-order valence-corrected chi connectivity index (χ3v) is 3.32. The molecule has 20 heavy (non-hydrogen) atoms. The van der Waals surface area contributed by atoms with Crippen molar-refractivity contribution in [2.24, 2.45) is 5.92 Å². The van der Waals surface area contributed by atoms with Crippen LogP contribution < -0.4 is 0 Å². The van der Waals surface area contributed by atoms with Gasteiger partial charge in [0.2, 0.25) is 0 Å². The molecule has 0 fully saturated rings. The van der Waals surface area contributed by atoms with Gasteiger partial charge in [0.15, 0.2) is 0 Å². The van der Waals surface area contributed by atoms with Gasteiger partial charge in [-0.2, -0.15) is 0 Å². The Morgan fingerprint density at radius 3 is 2.50 bits per heavy atom. The van der Waals surface area contributed by atoms with Crippen LogP contribution >= 0.6 is 0 Å². The lowest BCUT2D eigenvalue weighted by atomic mass is 10.0. The second kappa shape index (κ2) is 8.51. The minimum atomic E-state index is -0.309. The molecule has 0 saturated heterocycles. The van der Waals surface area contributed by atoms with E-state index < -0.39 is 0 Å². The molecule has 1 aliphatic heterocycles. The third kappa shape index (κ3) is 5.55. The zero-order valence-corrected chi connectivity index (χ0v) is 12.3. The molecule has 1 unspecified atom stereocenters. The normalized spacial score (nSPS) is 15.8. The van der Waals surface area contributed by atoms with E-state index in [1.807, 2.05) is 0 Å². The zero-order chi connectivity index (χ0) is 15.0. The lowest BCUT2D eigenvalue weighted by Gasteiger charge is -2.13. The van der Waals surface area contributed by atoms with Crippen molar-refractivity contribution in [2.75, 3.05) is 13.2 Å². The van der Waals surface area contributed by atoms with E-state index in [0.717, 1.165) is 24.2 Å². The van der Waals surface area contributed by atoms with Crippen molar-refractivity contribution in [1.29, 1.82) is 0 Å². The zero-order valence-electron chi connectivity index (χ0n) is 12.3. The highest BCUT2D eigenvalue weighted by Gasteiger charge is 2.22. The van der Waals surface area contributed by atoms with Crippen LogP contribution in [-0.2, 0) is 19.1 Å². The first-order chi connectivity index (χ1) is 9.54. The Bertz CT molecular complexity index is 371. The van der Waals surface area contributed by atoms with Gasteiger partial charge in [0.1, 0.15) is 0 Å². The van der Waals surface area contributed by atoms with E-state index in [4.69, 9.17) is 4.74 Å². The van der Waals surface area contributed by atoms with Crippen molar-refractivity contribution in [1.82, 2.24) is 4.90 Å². The van der Waals surface area contributed by atoms with Gasteiger partial charge in [-0.3, -0.25) is 19.3 Å². The molecule has 0 aromatic carbocycles. The molecule has 0 radical (unpaired) electrons. The Hall–Kier alpha value is -1.65. The average molecular weight is 281 g/mol. The molecule has 0 aliphatic carbocycles. The number of hydrogen-bond donors (Lipinski definition) is 0. The highest BCUT2D eigenvalue weighted by atomic mass is 16.5. The Labute approximate surface area is 120 Å². The molecule has 5 heteroatoms. The largest absolute Gasteiger partial charge is 0.466 e. The van der Waals surface area contributed by atoms with E-state index in [1.54, 1.807) is 0 Å². The summed E-state index contributed by atoms with van der Waals surface area (Å²) in [5, 5.41) is 0. The molecule has 0 aromatic rings. The number of amides is 2. The van der Waals surface area contributed by atoms with Crippen molar-refractivity contribution in [3.63, 3.8) is 0 Å². The van der Waals surface area contributed by atoms with Gasteiger partial charge in [0.25, 0.3) is 11.8 Å². The molecule has 5 nitrogen and oxygen atoms in total. The highest BCUT2D eigenvalue weighted by Crippen LogP contribution is 2.10. The summed E-state index contributed by atoms with van der Waals surface area (Å²) in [6.07, 6.45) is 6.34. The molecule has 1 atom stereocenters. The number of imide groups is 1. The minimum absolute atomic E-state index is 0.235. The Balaban J connectivity index is 2.09. The second-order valence-corrected chi connectivity index (χ2v) is 5.17. The molecule has 1 rings (SSSR count). The van der Waals surface area contributed by atoms with Gasteiger partial charge in [-0.05, 0) is 18.8 Å². The van der Waals surface area contributed by atoms with E-state index in [1.165, 1.54) is 12.2 Å². The van der Waals surface area contributed by atoms with Gasteiger partial charge < -0.3 is 4.74 Å². The smallest absolute Gasteiger partial charge is 0.305 e. The first kappa shape index (κ1) is 16.4. The topological polar surface area (TPSA) is 63.7 Å². The number of rotatable bonds is 9. The van der Waals surface area contributed by atoms with Gasteiger partial charge >= 0.3 is 5.97 Å². The summed E-state index contributed by atoms with van der Waals surface area (Å²) >= 11 is 0. The van der Waals surface area contributed by atoms with E-state index in [2.05, 4.69) is 13.8 Å². The fourth-order valence-electron chi connectivity index (χ4n) is 2.12. The summed E-state index contributed by atoms with van der Waals surface area (Å²) in [6, 6.07) is 0. The van der Waals surface area contributed by atoms with Crippen LogP contribution in [0.1, 0.15) is 46.0 Å². The van der Waals surface area contributed by atoms with E-state index >= 15 is 0 Å². The first-order valence-corrected chi connectivity index (χ1v) is 7.23. The molecule has 0 aromatic heterocycles. The Kier molecular flexibility index (Phi) is 6.98. The molecule has 0 N–H and O–H groups in total. The first-order valence-electron chi connectivity index (χ1n) is 7.23.